The lowest BCUT2D eigenvalue weighted by Crippen LogP contribution is -2.16. The molecule has 0 spiro atoms. The zero-order valence-electron chi connectivity index (χ0n) is 16.1. The molecule has 0 amide bonds. The molecule has 0 saturated carbocycles. The number of ether oxygens (including phenoxy) is 3. The van der Waals surface area contributed by atoms with E-state index in [-0.39, 0.29) is 19.1 Å². The summed E-state index contributed by atoms with van der Waals surface area (Å²) in [5, 5.41) is 4.19. The van der Waals surface area contributed by atoms with Gasteiger partial charge in [0.25, 0.3) is 0 Å². The molecule has 0 aromatic carbocycles. The van der Waals surface area contributed by atoms with E-state index in [0.717, 1.165) is 5.56 Å². The largest absolute Gasteiger partial charge is 0.486 e. The Balaban J connectivity index is 1.83. The number of methoxy groups -OCH3 is 1. The van der Waals surface area contributed by atoms with Gasteiger partial charge in [-0.1, -0.05) is 6.07 Å². The topological polar surface area (TPSA) is 105 Å². The lowest BCUT2D eigenvalue weighted by Gasteiger charge is -2.13. The van der Waals surface area contributed by atoms with Crippen molar-refractivity contribution < 1.29 is 23.8 Å². The van der Waals surface area contributed by atoms with Crippen LogP contribution in [0.1, 0.15) is 22.8 Å². The maximum absolute atomic E-state index is 11.8. The van der Waals surface area contributed by atoms with Crippen molar-refractivity contribution in [2.45, 2.75) is 20.1 Å². The van der Waals surface area contributed by atoms with Crippen molar-refractivity contribution in [3.05, 3.63) is 54.0 Å². The fourth-order valence-corrected chi connectivity index (χ4v) is 2.69. The minimum absolute atomic E-state index is 0.0231. The molecule has 29 heavy (non-hydrogen) atoms. The van der Waals surface area contributed by atoms with E-state index in [0.29, 0.717) is 41.5 Å². The number of hydrogen-bond acceptors (Lipinski definition) is 8. The van der Waals surface area contributed by atoms with Crippen molar-refractivity contribution in [3.63, 3.8) is 0 Å². The third-order valence-electron chi connectivity index (χ3n) is 4.03. The van der Waals surface area contributed by atoms with Gasteiger partial charge in [0.05, 0.1) is 36.9 Å². The van der Waals surface area contributed by atoms with Gasteiger partial charge in [-0.3, -0.25) is 19.3 Å². The summed E-state index contributed by atoms with van der Waals surface area (Å²) < 4.78 is 17.3. The molecule has 0 saturated heterocycles. The summed E-state index contributed by atoms with van der Waals surface area (Å²) >= 11 is 0. The molecule has 0 N–H and O–H groups in total. The average molecular weight is 396 g/mol. The number of rotatable bonds is 9. The summed E-state index contributed by atoms with van der Waals surface area (Å²) in [6.07, 6.45) is 5.35. The van der Waals surface area contributed by atoms with Crippen molar-refractivity contribution in [2.75, 3.05) is 13.7 Å². The van der Waals surface area contributed by atoms with Crippen LogP contribution in [0.25, 0.3) is 11.4 Å². The maximum Gasteiger partial charge on any atom is 0.327 e. The van der Waals surface area contributed by atoms with Crippen LogP contribution in [0.5, 0.6) is 11.6 Å². The molecule has 0 aliphatic carbocycles. The Bertz CT molecular complexity index is 1000. The second-order valence-electron chi connectivity index (χ2n) is 5.86. The van der Waals surface area contributed by atoms with E-state index in [4.69, 9.17) is 14.2 Å². The number of carbonyl (C=O) groups is 2. The zero-order chi connectivity index (χ0) is 20.6. The van der Waals surface area contributed by atoms with Crippen LogP contribution in [0.2, 0.25) is 0 Å². The number of aldehydes is 1. The van der Waals surface area contributed by atoms with Gasteiger partial charge in [-0.15, -0.1) is 0 Å². The molecule has 9 nitrogen and oxygen atoms in total. The van der Waals surface area contributed by atoms with Crippen LogP contribution < -0.4 is 9.47 Å². The van der Waals surface area contributed by atoms with Gasteiger partial charge in [0.1, 0.15) is 18.9 Å². The van der Waals surface area contributed by atoms with E-state index in [1.807, 2.05) is 6.07 Å². The van der Waals surface area contributed by atoms with Crippen LogP contribution >= 0.6 is 0 Å². The van der Waals surface area contributed by atoms with Gasteiger partial charge >= 0.3 is 5.97 Å². The van der Waals surface area contributed by atoms with Crippen molar-refractivity contribution in [1.29, 1.82) is 0 Å². The average Bonchev–Trinajstić information content (AvgIpc) is 3.20. The molecule has 150 valence electrons. The van der Waals surface area contributed by atoms with Gasteiger partial charge in [-0.2, -0.15) is 5.10 Å². The first kappa shape index (κ1) is 20.0. The molecule has 0 fully saturated rings. The van der Waals surface area contributed by atoms with E-state index in [1.165, 1.54) is 24.1 Å². The van der Waals surface area contributed by atoms with E-state index < -0.39 is 0 Å². The zero-order valence-corrected chi connectivity index (χ0v) is 16.1. The van der Waals surface area contributed by atoms with Gasteiger partial charge in [-0.05, 0) is 19.1 Å². The highest BCUT2D eigenvalue weighted by atomic mass is 16.5. The van der Waals surface area contributed by atoms with E-state index in [2.05, 4.69) is 15.1 Å². The Morgan fingerprint density at radius 1 is 1.24 bits per heavy atom. The van der Waals surface area contributed by atoms with Crippen molar-refractivity contribution in [3.8, 4) is 23.0 Å². The standard InChI is InChI=1S/C20H20N4O5/c1-3-28-19(26)11-24-16(6-8-23-24)20-14(5-4-7-21-20)13-29-17-10-22-18(27-2)9-15(17)12-25/h4-10,12H,3,11,13H2,1-2H3. The van der Waals surface area contributed by atoms with E-state index in [1.54, 1.807) is 31.5 Å². The van der Waals surface area contributed by atoms with Crippen LogP contribution in [-0.4, -0.2) is 45.7 Å². The summed E-state index contributed by atoms with van der Waals surface area (Å²) in [6.45, 7) is 2.16. The summed E-state index contributed by atoms with van der Waals surface area (Å²) in [7, 11) is 1.47. The number of carbonyl (C=O) groups excluding carboxylic acids is 2. The maximum atomic E-state index is 11.8. The van der Waals surface area contributed by atoms with Crippen LogP contribution in [0.3, 0.4) is 0 Å². The third kappa shape index (κ3) is 4.75. The molecule has 0 atom stereocenters. The van der Waals surface area contributed by atoms with Crippen LogP contribution in [-0.2, 0) is 22.7 Å². The summed E-state index contributed by atoms with van der Waals surface area (Å²) in [5.41, 5.74) is 2.35. The van der Waals surface area contributed by atoms with Gasteiger partial charge in [0.2, 0.25) is 5.88 Å². The van der Waals surface area contributed by atoms with E-state index >= 15 is 0 Å². The van der Waals surface area contributed by atoms with Crippen LogP contribution in [0.4, 0.5) is 0 Å². The molecule has 0 unspecified atom stereocenters. The number of esters is 1. The molecular formula is C20H20N4O5. The fourth-order valence-electron chi connectivity index (χ4n) is 2.69. The highest BCUT2D eigenvalue weighted by Gasteiger charge is 2.15. The fraction of sp³-hybridized carbons (Fsp3) is 0.250. The van der Waals surface area contributed by atoms with Gasteiger partial charge in [0, 0.05) is 24.0 Å². The van der Waals surface area contributed by atoms with Gasteiger partial charge < -0.3 is 14.2 Å². The molecule has 3 aromatic rings. The summed E-state index contributed by atoms with van der Waals surface area (Å²) in [6, 6.07) is 6.89. The predicted molar refractivity (Wildman–Crippen MR) is 103 cm³/mol. The third-order valence-corrected chi connectivity index (χ3v) is 4.03. The van der Waals surface area contributed by atoms with Crippen molar-refractivity contribution >= 4 is 12.3 Å². The number of hydrogen-bond donors (Lipinski definition) is 0. The quantitative estimate of drug-likeness (QED) is 0.401. The first-order chi connectivity index (χ1) is 14.2. The van der Waals surface area contributed by atoms with Crippen LogP contribution in [0, 0.1) is 0 Å². The highest BCUT2D eigenvalue weighted by Crippen LogP contribution is 2.25. The summed E-state index contributed by atoms with van der Waals surface area (Å²) in [4.78, 5) is 31.7. The molecule has 3 heterocycles. The lowest BCUT2D eigenvalue weighted by atomic mass is 10.1. The first-order valence-electron chi connectivity index (χ1n) is 8.90. The lowest BCUT2D eigenvalue weighted by molar-refractivity contribution is -0.144. The molecule has 9 heteroatoms. The first-order valence-corrected chi connectivity index (χ1v) is 8.90. The molecule has 0 aliphatic rings. The van der Waals surface area contributed by atoms with Crippen molar-refractivity contribution in [1.82, 2.24) is 19.7 Å². The minimum atomic E-state index is -0.383. The Morgan fingerprint density at radius 3 is 2.86 bits per heavy atom. The molecule has 0 aliphatic heterocycles. The molecule has 3 aromatic heterocycles. The number of pyridine rings is 2. The normalized spacial score (nSPS) is 10.4. The summed E-state index contributed by atoms with van der Waals surface area (Å²) in [5.74, 6) is 0.270. The van der Waals surface area contributed by atoms with Gasteiger partial charge in [-0.25, -0.2) is 4.98 Å². The monoisotopic (exact) mass is 396 g/mol. The Hall–Kier alpha value is -3.75. The minimum Gasteiger partial charge on any atom is -0.486 e. The Morgan fingerprint density at radius 2 is 2.10 bits per heavy atom. The van der Waals surface area contributed by atoms with Crippen LogP contribution in [0.15, 0.2) is 42.9 Å². The Labute approximate surface area is 167 Å². The number of nitrogens with zero attached hydrogens (tertiary/aromatic N) is 4. The van der Waals surface area contributed by atoms with Gasteiger partial charge in [0.15, 0.2) is 6.29 Å². The Kier molecular flexibility index (Phi) is 6.51. The second-order valence-corrected chi connectivity index (χ2v) is 5.86. The highest BCUT2D eigenvalue weighted by molar-refractivity contribution is 5.79. The molecule has 3 rings (SSSR count). The van der Waals surface area contributed by atoms with E-state index in [9.17, 15) is 9.59 Å². The predicted octanol–water partition coefficient (Wildman–Crippen LogP) is 2.30. The molecule has 0 bridgehead atoms. The smallest absolute Gasteiger partial charge is 0.327 e. The SMILES string of the molecule is CCOC(=O)Cn1nccc1-c1ncccc1COc1cnc(OC)cc1C=O. The van der Waals surface area contributed by atoms with Crippen molar-refractivity contribution in [2.24, 2.45) is 0 Å². The molecule has 0 radical (unpaired) electrons. The second kappa shape index (κ2) is 9.45. The molecular weight excluding hydrogens is 376 g/mol. The number of aromatic nitrogens is 4.